The number of anilines is 1. The molecule has 0 unspecified atom stereocenters. The van der Waals surface area contributed by atoms with Crippen LogP contribution < -0.4 is 14.8 Å². The summed E-state index contributed by atoms with van der Waals surface area (Å²) in [5.74, 6) is 1.34. The fourth-order valence-corrected chi connectivity index (χ4v) is 3.47. The van der Waals surface area contributed by atoms with Crippen molar-refractivity contribution < 1.29 is 13.9 Å². The quantitative estimate of drug-likeness (QED) is 0.469. The molecule has 0 aliphatic carbocycles. The average Bonchev–Trinajstić information content (AvgIpc) is 3.15. The molecule has 0 aliphatic heterocycles. The standard InChI is InChI=1S/C19H20BrClFN5O2/c1-3-27-19(24-25-26-27)23-10-12-7-15(20)18(17(8-12)28-4-2)29-11-13-5-6-14(22)9-16(13)21/h5-9H,3-4,10-11H2,1-2H3,(H,23,24,26). The van der Waals surface area contributed by atoms with E-state index in [2.05, 4.69) is 36.8 Å². The van der Waals surface area contributed by atoms with Crippen molar-refractivity contribution >= 4 is 33.5 Å². The molecule has 29 heavy (non-hydrogen) atoms. The van der Waals surface area contributed by atoms with Crippen LogP contribution in [0.3, 0.4) is 0 Å². The highest BCUT2D eigenvalue weighted by Crippen LogP contribution is 2.38. The average molecular weight is 485 g/mol. The number of nitrogens with zero attached hydrogens (tertiary/aromatic N) is 4. The molecule has 0 fully saturated rings. The van der Waals surface area contributed by atoms with Crippen molar-refractivity contribution in [3.63, 3.8) is 0 Å². The number of ether oxygens (including phenoxy) is 2. The maximum absolute atomic E-state index is 13.2. The smallest absolute Gasteiger partial charge is 0.243 e. The first-order valence-electron chi connectivity index (χ1n) is 9.03. The van der Waals surface area contributed by atoms with Crippen LogP contribution in [0.15, 0.2) is 34.8 Å². The first kappa shape index (κ1) is 21.3. The number of aromatic nitrogens is 4. The van der Waals surface area contributed by atoms with Gasteiger partial charge in [-0.25, -0.2) is 9.07 Å². The Labute approximate surface area is 181 Å². The molecule has 3 rings (SSSR count). The molecule has 2 aromatic carbocycles. The molecule has 0 radical (unpaired) electrons. The maximum Gasteiger partial charge on any atom is 0.243 e. The minimum Gasteiger partial charge on any atom is -0.490 e. The summed E-state index contributed by atoms with van der Waals surface area (Å²) in [5, 5.41) is 15.0. The van der Waals surface area contributed by atoms with Gasteiger partial charge in [-0.05, 0) is 70.0 Å². The number of hydrogen-bond donors (Lipinski definition) is 1. The highest BCUT2D eigenvalue weighted by molar-refractivity contribution is 9.10. The highest BCUT2D eigenvalue weighted by atomic mass is 79.9. The van der Waals surface area contributed by atoms with E-state index in [4.69, 9.17) is 21.1 Å². The molecular weight excluding hydrogens is 465 g/mol. The van der Waals surface area contributed by atoms with Crippen molar-refractivity contribution in [1.29, 1.82) is 0 Å². The predicted molar refractivity (Wildman–Crippen MR) is 112 cm³/mol. The van der Waals surface area contributed by atoms with Gasteiger partial charge in [0.25, 0.3) is 0 Å². The Hall–Kier alpha value is -2.39. The van der Waals surface area contributed by atoms with Gasteiger partial charge >= 0.3 is 0 Å². The summed E-state index contributed by atoms with van der Waals surface area (Å²) in [6.45, 7) is 5.69. The van der Waals surface area contributed by atoms with Gasteiger partial charge in [-0.2, -0.15) is 0 Å². The number of nitrogens with one attached hydrogen (secondary N) is 1. The van der Waals surface area contributed by atoms with E-state index < -0.39 is 0 Å². The first-order valence-corrected chi connectivity index (χ1v) is 10.2. The summed E-state index contributed by atoms with van der Waals surface area (Å²) in [6.07, 6.45) is 0. The molecule has 0 aliphatic rings. The van der Waals surface area contributed by atoms with Gasteiger partial charge in [0.2, 0.25) is 5.95 Å². The van der Waals surface area contributed by atoms with E-state index in [9.17, 15) is 4.39 Å². The van der Waals surface area contributed by atoms with Gasteiger partial charge in [0.15, 0.2) is 11.5 Å². The molecule has 154 valence electrons. The van der Waals surface area contributed by atoms with Crippen molar-refractivity contribution in [2.24, 2.45) is 0 Å². The van der Waals surface area contributed by atoms with E-state index in [0.29, 0.717) is 47.7 Å². The Balaban J connectivity index is 1.76. The number of rotatable bonds is 9. The second-order valence-corrected chi connectivity index (χ2v) is 7.30. The highest BCUT2D eigenvalue weighted by Gasteiger charge is 2.14. The largest absolute Gasteiger partial charge is 0.490 e. The topological polar surface area (TPSA) is 74.1 Å². The Kier molecular flexibility index (Phi) is 7.27. The summed E-state index contributed by atoms with van der Waals surface area (Å²) >= 11 is 9.63. The lowest BCUT2D eigenvalue weighted by Gasteiger charge is -2.16. The molecule has 1 aromatic heterocycles. The molecule has 7 nitrogen and oxygen atoms in total. The minimum absolute atomic E-state index is 0.181. The monoisotopic (exact) mass is 483 g/mol. The van der Waals surface area contributed by atoms with E-state index >= 15 is 0 Å². The Bertz CT molecular complexity index is 985. The molecule has 1 N–H and O–H groups in total. The lowest BCUT2D eigenvalue weighted by molar-refractivity contribution is 0.267. The van der Waals surface area contributed by atoms with Gasteiger partial charge < -0.3 is 14.8 Å². The second-order valence-electron chi connectivity index (χ2n) is 6.03. The van der Waals surface area contributed by atoms with Crippen molar-refractivity contribution in [2.45, 2.75) is 33.5 Å². The van der Waals surface area contributed by atoms with E-state index in [0.717, 1.165) is 10.0 Å². The maximum atomic E-state index is 13.2. The normalized spacial score (nSPS) is 10.8. The van der Waals surface area contributed by atoms with E-state index in [1.165, 1.54) is 12.1 Å². The van der Waals surface area contributed by atoms with Gasteiger partial charge in [-0.1, -0.05) is 22.8 Å². The van der Waals surface area contributed by atoms with Crippen LogP contribution in [-0.4, -0.2) is 26.8 Å². The zero-order chi connectivity index (χ0) is 20.8. The number of halogens is 3. The zero-order valence-corrected chi connectivity index (χ0v) is 18.3. The zero-order valence-electron chi connectivity index (χ0n) is 16.0. The molecule has 0 saturated heterocycles. The molecular formula is C19H20BrClFN5O2. The second kappa shape index (κ2) is 9.89. The molecule has 0 atom stereocenters. The van der Waals surface area contributed by atoms with Crippen LogP contribution in [0.4, 0.5) is 10.3 Å². The molecule has 0 saturated carbocycles. The number of aryl methyl sites for hydroxylation is 1. The molecule has 10 heteroatoms. The van der Waals surface area contributed by atoms with Crippen LogP contribution >= 0.6 is 27.5 Å². The fourth-order valence-electron chi connectivity index (χ4n) is 2.64. The Morgan fingerprint density at radius 3 is 2.76 bits per heavy atom. The third-order valence-corrected chi connectivity index (χ3v) is 4.98. The van der Waals surface area contributed by atoms with Crippen molar-refractivity contribution in [2.75, 3.05) is 11.9 Å². The minimum atomic E-state index is -0.388. The van der Waals surface area contributed by atoms with Gasteiger partial charge in [0.1, 0.15) is 12.4 Å². The van der Waals surface area contributed by atoms with Crippen molar-refractivity contribution in [1.82, 2.24) is 20.2 Å². The molecule has 1 heterocycles. The van der Waals surface area contributed by atoms with Crippen LogP contribution in [-0.2, 0) is 19.7 Å². The summed E-state index contributed by atoms with van der Waals surface area (Å²) < 4.78 is 27.3. The number of hydrogen-bond acceptors (Lipinski definition) is 6. The summed E-state index contributed by atoms with van der Waals surface area (Å²) in [4.78, 5) is 0. The summed E-state index contributed by atoms with van der Waals surface area (Å²) in [5.41, 5.74) is 1.64. The van der Waals surface area contributed by atoms with Crippen molar-refractivity contribution in [3.8, 4) is 11.5 Å². The lowest BCUT2D eigenvalue weighted by Crippen LogP contribution is -2.08. The van der Waals surface area contributed by atoms with Gasteiger partial charge in [-0.15, -0.1) is 0 Å². The molecule has 3 aromatic rings. The van der Waals surface area contributed by atoms with E-state index in [-0.39, 0.29) is 12.4 Å². The molecule has 0 amide bonds. The molecule has 0 bridgehead atoms. The third-order valence-electron chi connectivity index (χ3n) is 4.04. The SMILES string of the molecule is CCOc1cc(CNc2nnnn2CC)cc(Br)c1OCc1ccc(F)cc1Cl. The van der Waals surface area contributed by atoms with Gasteiger partial charge in [0, 0.05) is 18.7 Å². The van der Waals surface area contributed by atoms with Gasteiger partial charge in [-0.3, -0.25) is 0 Å². The predicted octanol–water partition coefficient (Wildman–Crippen LogP) is 4.84. The van der Waals surface area contributed by atoms with Crippen LogP contribution in [0.5, 0.6) is 11.5 Å². The van der Waals surface area contributed by atoms with Crippen LogP contribution in [0.25, 0.3) is 0 Å². The number of tetrazole rings is 1. The Morgan fingerprint density at radius 1 is 1.21 bits per heavy atom. The summed E-state index contributed by atoms with van der Waals surface area (Å²) in [6, 6.07) is 8.03. The third kappa shape index (κ3) is 5.36. The van der Waals surface area contributed by atoms with Gasteiger partial charge in [0.05, 0.1) is 16.1 Å². The summed E-state index contributed by atoms with van der Waals surface area (Å²) in [7, 11) is 0. The van der Waals surface area contributed by atoms with Crippen LogP contribution in [0.1, 0.15) is 25.0 Å². The first-order chi connectivity index (χ1) is 14.0. The number of benzene rings is 2. The van der Waals surface area contributed by atoms with Crippen molar-refractivity contribution in [3.05, 3.63) is 56.8 Å². The van der Waals surface area contributed by atoms with E-state index in [1.54, 1.807) is 10.7 Å². The molecule has 0 spiro atoms. The van der Waals surface area contributed by atoms with Crippen LogP contribution in [0, 0.1) is 5.82 Å². The Morgan fingerprint density at radius 2 is 2.03 bits per heavy atom. The van der Waals surface area contributed by atoms with Crippen LogP contribution in [0.2, 0.25) is 5.02 Å². The lowest BCUT2D eigenvalue weighted by atomic mass is 10.2. The van der Waals surface area contributed by atoms with E-state index in [1.807, 2.05) is 26.0 Å². The fraction of sp³-hybridized carbons (Fsp3) is 0.316.